The van der Waals surface area contributed by atoms with Gasteiger partial charge in [0.05, 0.1) is 12.0 Å². The maximum atomic E-state index is 12.0. The van der Waals surface area contributed by atoms with Crippen LogP contribution in [0, 0.1) is 11.8 Å². The van der Waals surface area contributed by atoms with Crippen molar-refractivity contribution in [3.63, 3.8) is 0 Å². The lowest BCUT2D eigenvalue weighted by molar-refractivity contribution is -0.140. The van der Waals surface area contributed by atoms with Gasteiger partial charge in [-0.05, 0) is 18.8 Å². The van der Waals surface area contributed by atoms with Crippen LogP contribution < -0.4 is 5.32 Å². The summed E-state index contributed by atoms with van der Waals surface area (Å²) in [6, 6.07) is -0.203. The van der Waals surface area contributed by atoms with E-state index in [1.807, 2.05) is 4.90 Å². The molecular weight excluding hydrogens is 232 g/mol. The molecule has 3 atom stereocenters. The number of carbonyl (C=O) groups excluding carboxylic acids is 1. The summed E-state index contributed by atoms with van der Waals surface area (Å²) in [7, 11) is 0. The van der Waals surface area contributed by atoms with Crippen LogP contribution in [0.1, 0.15) is 26.2 Å². The van der Waals surface area contributed by atoms with Gasteiger partial charge < -0.3 is 15.3 Å². The Hall–Kier alpha value is -1.52. The van der Waals surface area contributed by atoms with Gasteiger partial charge in [-0.25, -0.2) is 4.79 Å². The molecule has 5 nitrogen and oxygen atoms in total. The zero-order valence-corrected chi connectivity index (χ0v) is 10.6. The van der Waals surface area contributed by atoms with Crippen molar-refractivity contribution in [2.75, 3.05) is 13.1 Å². The van der Waals surface area contributed by atoms with Crippen molar-refractivity contribution in [2.45, 2.75) is 32.2 Å². The maximum Gasteiger partial charge on any atom is 0.317 e. The Morgan fingerprint density at radius 3 is 2.78 bits per heavy atom. The molecule has 2 amide bonds. The van der Waals surface area contributed by atoms with E-state index in [0.29, 0.717) is 12.3 Å². The summed E-state index contributed by atoms with van der Waals surface area (Å²) in [5, 5.41) is 11.8. The SMILES string of the molecule is CCC1CCN(C(=O)NC2C=CC(C(=O)O)C2)C1. The fraction of sp³-hybridized carbons (Fsp3) is 0.692. The molecule has 0 aromatic heterocycles. The number of likely N-dealkylation sites (tertiary alicyclic amines) is 1. The second-order valence-corrected chi connectivity index (χ2v) is 5.13. The van der Waals surface area contributed by atoms with E-state index in [0.717, 1.165) is 25.9 Å². The third-order valence-electron chi connectivity index (χ3n) is 3.86. The Labute approximate surface area is 107 Å². The van der Waals surface area contributed by atoms with Crippen LogP contribution in [0.4, 0.5) is 4.79 Å². The van der Waals surface area contributed by atoms with Gasteiger partial charge in [0.1, 0.15) is 0 Å². The van der Waals surface area contributed by atoms with Gasteiger partial charge in [-0.15, -0.1) is 0 Å². The summed E-state index contributed by atoms with van der Waals surface area (Å²) in [4.78, 5) is 24.6. The van der Waals surface area contributed by atoms with E-state index in [1.54, 1.807) is 12.2 Å². The minimum Gasteiger partial charge on any atom is -0.481 e. The highest BCUT2D eigenvalue weighted by Crippen LogP contribution is 2.21. The molecule has 2 aliphatic rings. The predicted octanol–water partition coefficient (Wildman–Crippen LogP) is 1.46. The van der Waals surface area contributed by atoms with Crippen molar-refractivity contribution in [1.82, 2.24) is 10.2 Å². The minimum atomic E-state index is -0.824. The highest BCUT2D eigenvalue weighted by Gasteiger charge is 2.29. The molecule has 18 heavy (non-hydrogen) atoms. The molecule has 0 spiro atoms. The molecule has 0 aromatic rings. The van der Waals surface area contributed by atoms with Crippen LogP contribution in [0.3, 0.4) is 0 Å². The fourth-order valence-electron chi connectivity index (χ4n) is 2.59. The van der Waals surface area contributed by atoms with Crippen LogP contribution in [0.25, 0.3) is 0 Å². The second kappa shape index (κ2) is 5.42. The number of carbonyl (C=O) groups is 2. The summed E-state index contributed by atoms with van der Waals surface area (Å²) >= 11 is 0. The molecule has 0 saturated carbocycles. The first-order chi connectivity index (χ1) is 8.60. The Morgan fingerprint density at radius 2 is 2.22 bits per heavy atom. The number of nitrogens with one attached hydrogen (secondary N) is 1. The number of carboxylic acid groups (broad SMARTS) is 1. The molecule has 1 aliphatic carbocycles. The van der Waals surface area contributed by atoms with Crippen molar-refractivity contribution in [3.05, 3.63) is 12.2 Å². The van der Waals surface area contributed by atoms with E-state index in [1.165, 1.54) is 0 Å². The van der Waals surface area contributed by atoms with Gasteiger partial charge >= 0.3 is 12.0 Å². The van der Waals surface area contributed by atoms with Crippen molar-refractivity contribution >= 4 is 12.0 Å². The Balaban J connectivity index is 1.79. The van der Waals surface area contributed by atoms with Crippen LogP contribution in [-0.4, -0.2) is 41.1 Å². The van der Waals surface area contributed by atoms with Crippen LogP contribution in [0.15, 0.2) is 12.2 Å². The quantitative estimate of drug-likeness (QED) is 0.747. The molecule has 5 heteroatoms. The topological polar surface area (TPSA) is 69.6 Å². The molecule has 2 N–H and O–H groups in total. The lowest BCUT2D eigenvalue weighted by atomic mass is 10.1. The van der Waals surface area contributed by atoms with Gasteiger partial charge in [-0.1, -0.05) is 25.5 Å². The van der Waals surface area contributed by atoms with Gasteiger partial charge in [0, 0.05) is 13.1 Å². The molecule has 0 radical (unpaired) electrons. The molecule has 1 aliphatic heterocycles. The highest BCUT2D eigenvalue weighted by molar-refractivity contribution is 5.76. The van der Waals surface area contributed by atoms with E-state index in [4.69, 9.17) is 5.11 Å². The van der Waals surface area contributed by atoms with E-state index in [2.05, 4.69) is 12.2 Å². The van der Waals surface area contributed by atoms with Gasteiger partial charge in [-0.2, -0.15) is 0 Å². The average Bonchev–Trinajstić information content (AvgIpc) is 2.96. The van der Waals surface area contributed by atoms with E-state index in [9.17, 15) is 9.59 Å². The molecule has 1 fully saturated rings. The van der Waals surface area contributed by atoms with Crippen LogP contribution in [-0.2, 0) is 4.79 Å². The fourth-order valence-corrected chi connectivity index (χ4v) is 2.59. The summed E-state index contributed by atoms with van der Waals surface area (Å²) in [5.74, 6) is -0.672. The number of hydrogen-bond acceptors (Lipinski definition) is 2. The van der Waals surface area contributed by atoms with Crippen LogP contribution in [0.5, 0.6) is 0 Å². The van der Waals surface area contributed by atoms with Gasteiger partial charge in [0.25, 0.3) is 0 Å². The van der Waals surface area contributed by atoms with Crippen molar-refractivity contribution in [3.8, 4) is 0 Å². The minimum absolute atomic E-state index is 0.0633. The first kappa shape index (κ1) is 12.9. The molecule has 1 saturated heterocycles. The van der Waals surface area contributed by atoms with Gasteiger partial charge in [-0.3, -0.25) is 4.79 Å². The molecule has 0 bridgehead atoms. The largest absolute Gasteiger partial charge is 0.481 e. The van der Waals surface area contributed by atoms with Crippen molar-refractivity contribution < 1.29 is 14.7 Å². The predicted molar refractivity (Wildman–Crippen MR) is 67.2 cm³/mol. The second-order valence-electron chi connectivity index (χ2n) is 5.13. The summed E-state index contributed by atoms with van der Waals surface area (Å²) in [5.41, 5.74) is 0. The summed E-state index contributed by atoms with van der Waals surface area (Å²) in [6.45, 7) is 3.77. The van der Waals surface area contributed by atoms with Crippen LogP contribution in [0.2, 0.25) is 0 Å². The standard InChI is InChI=1S/C13H20N2O3/c1-2-9-5-6-15(8-9)13(18)14-11-4-3-10(7-11)12(16)17/h3-4,9-11H,2,5-8H2,1H3,(H,14,18)(H,16,17). The maximum absolute atomic E-state index is 12.0. The Morgan fingerprint density at radius 1 is 1.44 bits per heavy atom. The monoisotopic (exact) mass is 252 g/mol. The number of urea groups is 1. The highest BCUT2D eigenvalue weighted by atomic mass is 16.4. The number of hydrogen-bond donors (Lipinski definition) is 2. The first-order valence-corrected chi connectivity index (χ1v) is 6.56. The number of carboxylic acids is 1. The smallest absolute Gasteiger partial charge is 0.317 e. The average molecular weight is 252 g/mol. The third-order valence-corrected chi connectivity index (χ3v) is 3.86. The number of aliphatic carboxylic acids is 1. The van der Waals surface area contributed by atoms with Crippen molar-refractivity contribution in [2.24, 2.45) is 11.8 Å². The van der Waals surface area contributed by atoms with E-state index < -0.39 is 11.9 Å². The lowest BCUT2D eigenvalue weighted by Crippen LogP contribution is -2.43. The summed E-state index contributed by atoms with van der Waals surface area (Å²) < 4.78 is 0. The van der Waals surface area contributed by atoms with Crippen molar-refractivity contribution in [1.29, 1.82) is 0 Å². The first-order valence-electron chi connectivity index (χ1n) is 6.56. The molecule has 100 valence electrons. The third kappa shape index (κ3) is 2.83. The van der Waals surface area contributed by atoms with Gasteiger partial charge in [0.2, 0.25) is 0 Å². The Bertz CT molecular complexity index is 367. The number of amides is 2. The molecule has 1 heterocycles. The zero-order chi connectivity index (χ0) is 13.1. The lowest BCUT2D eigenvalue weighted by Gasteiger charge is -2.20. The number of rotatable bonds is 3. The van der Waals surface area contributed by atoms with E-state index in [-0.39, 0.29) is 12.1 Å². The van der Waals surface area contributed by atoms with Crippen LogP contribution >= 0.6 is 0 Å². The zero-order valence-electron chi connectivity index (χ0n) is 10.6. The molecule has 2 rings (SSSR count). The van der Waals surface area contributed by atoms with E-state index >= 15 is 0 Å². The Kier molecular flexibility index (Phi) is 3.89. The summed E-state index contributed by atoms with van der Waals surface area (Å²) in [6.07, 6.45) is 6.08. The normalized spacial score (nSPS) is 30.7. The molecular formula is C13H20N2O3. The molecule has 3 unspecified atom stereocenters. The molecule has 0 aromatic carbocycles. The number of nitrogens with zero attached hydrogens (tertiary/aromatic N) is 1. The van der Waals surface area contributed by atoms with Gasteiger partial charge in [0.15, 0.2) is 0 Å².